The minimum Gasteiger partial charge on any atom is -0.480 e. The zero-order chi connectivity index (χ0) is 31.2. The molecule has 0 unspecified atom stereocenters. The van der Waals surface area contributed by atoms with Crippen molar-refractivity contribution in [1.82, 2.24) is 4.90 Å². The van der Waals surface area contributed by atoms with Crippen molar-refractivity contribution < 1.29 is 14.7 Å². The molecule has 0 spiro atoms. The van der Waals surface area contributed by atoms with E-state index < -0.39 is 12.0 Å². The Kier molecular flexibility index (Phi) is 10.6. The Morgan fingerprint density at radius 3 is 2.27 bits per heavy atom. The molecule has 1 aliphatic rings. The van der Waals surface area contributed by atoms with Crippen molar-refractivity contribution in [2.75, 3.05) is 11.9 Å². The molecule has 0 saturated carbocycles. The van der Waals surface area contributed by atoms with Crippen LogP contribution in [0.25, 0.3) is 0 Å². The number of anilines is 1. The number of halogens is 4. The minimum absolute atomic E-state index is 0.150. The van der Waals surface area contributed by atoms with E-state index in [-0.39, 0.29) is 18.4 Å². The number of aliphatic imine (C=N–C) groups is 1. The van der Waals surface area contributed by atoms with E-state index in [1.165, 1.54) is 0 Å². The number of rotatable bonds is 10. The Bertz CT molecular complexity index is 1680. The summed E-state index contributed by atoms with van der Waals surface area (Å²) in [5, 5.41) is 15.2. The van der Waals surface area contributed by atoms with E-state index in [0.29, 0.717) is 55.6 Å². The molecule has 1 fully saturated rings. The summed E-state index contributed by atoms with van der Waals surface area (Å²) >= 11 is 24.8. The molecule has 4 aromatic carbocycles. The van der Waals surface area contributed by atoms with E-state index in [4.69, 9.17) is 51.4 Å². The van der Waals surface area contributed by atoms with Crippen molar-refractivity contribution in [1.29, 1.82) is 0 Å². The molecule has 0 aromatic heterocycles. The van der Waals surface area contributed by atoms with Gasteiger partial charge in [-0.25, -0.2) is 4.79 Å². The molecule has 2 atom stereocenters. The fourth-order valence-electron chi connectivity index (χ4n) is 5.31. The average molecular weight is 669 g/mol. The fourth-order valence-corrected chi connectivity index (χ4v) is 5.92. The minimum atomic E-state index is -1.11. The number of carbonyl (C=O) groups excluding carboxylic acids is 1. The van der Waals surface area contributed by atoms with E-state index in [0.717, 1.165) is 24.1 Å². The largest absolute Gasteiger partial charge is 0.480 e. The van der Waals surface area contributed by atoms with Gasteiger partial charge in [0.25, 0.3) is 0 Å². The quantitative estimate of drug-likeness (QED) is 0.166. The number of benzene rings is 4. The van der Waals surface area contributed by atoms with Gasteiger partial charge in [0, 0.05) is 34.1 Å². The topological polar surface area (TPSA) is 82.0 Å². The van der Waals surface area contributed by atoms with Crippen molar-refractivity contribution in [2.24, 2.45) is 4.99 Å². The second kappa shape index (κ2) is 14.6. The maximum Gasteiger partial charge on any atom is 0.328 e. The third kappa shape index (κ3) is 8.00. The van der Waals surface area contributed by atoms with E-state index in [2.05, 4.69) is 10.2 Å². The number of hydrogen-bond donors (Lipinski definition) is 2. The summed E-state index contributed by atoms with van der Waals surface area (Å²) in [7, 11) is 0. The molecule has 1 saturated heterocycles. The first kappa shape index (κ1) is 32.0. The van der Waals surface area contributed by atoms with Crippen LogP contribution in [0.2, 0.25) is 20.1 Å². The third-order valence-electron chi connectivity index (χ3n) is 7.49. The summed E-state index contributed by atoms with van der Waals surface area (Å²) in [5.74, 6) is -1.25. The number of amides is 1. The van der Waals surface area contributed by atoms with Crippen molar-refractivity contribution in [3.63, 3.8) is 0 Å². The number of hydrogen-bond acceptors (Lipinski definition) is 4. The summed E-state index contributed by atoms with van der Waals surface area (Å²) < 4.78 is 0. The van der Waals surface area contributed by atoms with Gasteiger partial charge in [-0.15, -0.1) is 0 Å². The first-order valence-corrected chi connectivity index (χ1v) is 15.6. The van der Waals surface area contributed by atoms with Gasteiger partial charge in [-0.1, -0.05) is 94.9 Å². The second-order valence-electron chi connectivity index (χ2n) is 10.6. The van der Waals surface area contributed by atoms with Crippen LogP contribution in [0.4, 0.5) is 5.69 Å². The van der Waals surface area contributed by atoms with Crippen LogP contribution in [-0.4, -0.2) is 46.2 Å². The number of nitrogens with one attached hydrogen (secondary N) is 1. The molecule has 0 aliphatic carbocycles. The van der Waals surface area contributed by atoms with E-state index >= 15 is 0 Å². The maximum absolute atomic E-state index is 13.8. The first-order chi connectivity index (χ1) is 21.2. The van der Waals surface area contributed by atoms with Crippen LogP contribution in [0.3, 0.4) is 0 Å². The molecule has 4 aromatic rings. The molecule has 44 heavy (non-hydrogen) atoms. The van der Waals surface area contributed by atoms with Crippen LogP contribution in [0, 0.1) is 0 Å². The van der Waals surface area contributed by atoms with Gasteiger partial charge >= 0.3 is 5.97 Å². The molecule has 226 valence electrons. The Hall–Kier alpha value is -3.39. The molecule has 0 bridgehead atoms. The average Bonchev–Trinajstić information content (AvgIpc) is 3.47. The molecule has 2 N–H and O–H groups in total. The van der Waals surface area contributed by atoms with Crippen LogP contribution < -0.4 is 5.32 Å². The SMILES string of the molecule is O=C(O)[C@H](Cc1ccc(Cl)cc1)N=C(c1ccccc1)c1cc(Cl)ccc1NC(=O)[C@@H]1CCCN1Cc1ccc(Cl)c(Cl)c1. The smallest absolute Gasteiger partial charge is 0.328 e. The summed E-state index contributed by atoms with van der Waals surface area (Å²) in [6, 6.07) is 25.4. The summed E-state index contributed by atoms with van der Waals surface area (Å²) in [6.45, 7) is 1.30. The summed E-state index contributed by atoms with van der Waals surface area (Å²) in [6.07, 6.45) is 1.71. The maximum atomic E-state index is 13.8. The zero-order valence-electron chi connectivity index (χ0n) is 23.5. The highest BCUT2D eigenvalue weighted by Crippen LogP contribution is 2.29. The normalized spacial score (nSPS) is 16.1. The summed E-state index contributed by atoms with van der Waals surface area (Å²) in [5.41, 5.74) is 3.84. The van der Waals surface area contributed by atoms with Gasteiger partial charge in [0.05, 0.1) is 27.5 Å². The van der Waals surface area contributed by atoms with Gasteiger partial charge in [0.2, 0.25) is 5.91 Å². The molecule has 1 amide bonds. The van der Waals surface area contributed by atoms with E-state index in [1.807, 2.05) is 42.5 Å². The molecular weight excluding hydrogens is 640 g/mol. The Balaban J connectivity index is 1.47. The standard InChI is InChI=1S/C34H29Cl4N3O3/c35-24-11-8-21(9-12-24)18-30(34(43)44)39-32(23-5-2-1-3-6-23)26-19-25(36)13-15-29(26)40-33(42)31-7-4-16-41(31)20-22-10-14-27(37)28(38)17-22/h1-3,5-6,8-15,17,19,30-31H,4,7,16,18,20H2,(H,40,42)(H,43,44)/t30-,31-/m0/s1. The zero-order valence-corrected chi connectivity index (χ0v) is 26.5. The molecule has 1 heterocycles. The predicted molar refractivity (Wildman–Crippen MR) is 179 cm³/mol. The number of carboxylic acids is 1. The number of carboxylic acid groups (broad SMARTS) is 1. The molecule has 0 radical (unpaired) electrons. The number of nitrogens with zero attached hydrogens (tertiary/aromatic N) is 2. The van der Waals surface area contributed by atoms with E-state index in [1.54, 1.807) is 48.5 Å². The lowest BCUT2D eigenvalue weighted by molar-refractivity contribution is -0.138. The lowest BCUT2D eigenvalue weighted by atomic mass is 9.98. The lowest BCUT2D eigenvalue weighted by Gasteiger charge is -2.25. The summed E-state index contributed by atoms with van der Waals surface area (Å²) in [4.78, 5) is 33.1. The Labute approximate surface area is 276 Å². The molecular formula is C34H29Cl4N3O3. The Morgan fingerprint density at radius 2 is 1.57 bits per heavy atom. The van der Waals surface area contributed by atoms with Gasteiger partial charge in [0.15, 0.2) is 6.04 Å². The highest BCUT2D eigenvalue weighted by atomic mass is 35.5. The van der Waals surface area contributed by atoms with Gasteiger partial charge in [-0.05, 0) is 73.0 Å². The highest BCUT2D eigenvalue weighted by molar-refractivity contribution is 6.42. The predicted octanol–water partition coefficient (Wildman–Crippen LogP) is 8.44. The number of aliphatic carboxylic acids is 1. The molecule has 5 rings (SSSR count). The van der Waals surface area contributed by atoms with Crippen molar-refractivity contribution in [3.05, 3.63) is 133 Å². The first-order valence-electron chi connectivity index (χ1n) is 14.1. The van der Waals surface area contributed by atoms with Crippen LogP contribution in [0.15, 0.2) is 96.0 Å². The number of carbonyl (C=O) groups is 2. The van der Waals surface area contributed by atoms with E-state index in [9.17, 15) is 14.7 Å². The lowest BCUT2D eigenvalue weighted by Crippen LogP contribution is -2.39. The molecule has 6 nitrogen and oxygen atoms in total. The fraction of sp³-hybridized carbons (Fsp3) is 0.206. The van der Waals surface area contributed by atoms with Crippen molar-refractivity contribution >= 4 is 69.7 Å². The number of likely N-dealkylation sites (tertiary alicyclic amines) is 1. The monoisotopic (exact) mass is 667 g/mol. The second-order valence-corrected chi connectivity index (χ2v) is 12.3. The van der Waals surface area contributed by atoms with Crippen LogP contribution in [0.5, 0.6) is 0 Å². The van der Waals surface area contributed by atoms with Crippen LogP contribution >= 0.6 is 46.4 Å². The molecule has 10 heteroatoms. The van der Waals surface area contributed by atoms with Gasteiger partial charge in [-0.3, -0.25) is 14.7 Å². The van der Waals surface area contributed by atoms with Crippen molar-refractivity contribution in [2.45, 2.75) is 37.9 Å². The molecule has 1 aliphatic heterocycles. The third-order valence-corrected chi connectivity index (χ3v) is 8.72. The van der Waals surface area contributed by atoms with Crippen molar-refractivity contribution in [3.8, 4) is 0 Å². The van der Waals surface area contributed by atoms with Crippen LogP contribution in [0.1, 0.15) is 35.1 Å². The van der Waals surface area contributed by atoms with Crippen LogP contribution in [-0.2, 0) is 22.6 Å². The highest BCUT2D eigenvalue weighted by Gasteiger charge is 2.31. The van der Waals surface area contributed by atoms with Gasteiger partial charge < -0.3 is 10.4 Å². The van der Waals surface area contributed by atoms with Gasteiger partial charge in [-0.2, -0.15) is 0 Å². The van der Waals surface area contributed by atoms with Gasteiger partial charge in [0.1, 0.15) is 0 Å². The Morgan fingerprint density at radius 1 is 0.864 bits per heavy atom.